The first-order chi connectivity index (χ1) is 8.27. The highest BCUT2D eigenvalue weighted by Crippen LogP contribution is 2.05. The van der Waals surface area contributed by atoms with Crippen molar-refractivity contribution in [3.05, 3.63) is 56.8 Å². The zero-order valence-electron chi connectivity index (χ0n) is 8.67. The number of carbonyl (C=O) groups excluding carboxylic acids is 1. The average molecular weight is 232 g/mol. The van der Waals surface area contributed by atoms with Gasteiger partial charge in [-0.3, -0.25) is 0 Å². The predicted octanol–water partition coefficient (Wildman–Crippen LogP) is 2.79. The van der Waals surface area contributed by atoms with Crippen molar-refractivity contribution in [1.29, 1.82) is 0 Å². The molecule has 8 heteroatoms. The third kappa shape index (κ3) is 4.13. The van der Waals surface area contributed by atoms with Crippen LogP contribution < -0.4 is 0 Å². The fourth-order valence-electron chi connectivity index (χ4n) is 1.03. The van der Waals surface area contributed by atoms with Gasteiger partial charge in [0.25, 0.3) is 0 Å². The van der Waals surface area contributed by atoms with Crippen LogP contribution in [0.5, 0.6) is 0 Å². The molecule has 1 unspecified atom stereocenters. The lowest BCUT2D eigenvalue weighted by Crippen LogP contribution is -2.18. The summed E-state index contributed by atoms with van der Waals surface area (Å²) in [5.41, 5.74) is 16.7. The van der Waals surface area contributed by atoms with Gasteiger partial charge in [0.1, 0.15) is 0 Å². The van der Waals surface area contributed by atoms with Crippen molar-refractivity contribution < 1.29 is 9.53 Å². The topological polar surface area (TPSA) is 124 Å². The lowest BCUT2D eigenvalue weighted by Gasteiger charge is -2.09. The summed E-state index contributed by atoms with van der Waals surface area (Å²) in [4.78, 5) is 16.5. The monoisotopic (exact) mass is 232 g/mol. The second-order valence-electron chi connectivity index (χ2n) is 2.84. The first kappa shape index (κ1) is 12.4. The van der Waals surface area contributed by atoms with Crippen molar-refractivity contribution in [3.8, 4) is 0 Å². The average Bonchev–Trinajstić information content (AvgIpc) is 2.37. The van der Waals surface area contributed by atoms with Gasteiger partial charge in [0, 0.05) is 9.82 Å². The van der Waals surface area contributed by atoms with Crippen molar-refractivity contribution in [2.75, 3.05) is 6.54 Å². The maximum Gasteiger partial charge on any atom is 0.338 e. The van der Waals surface area contributed by atoms with Crippen LogP contribution in [0.4, 0.5) is 0 Å². The molecule has 1 aromatic rings. The molecule has 0 aliphatic heterocycles. The zero-order valence-corrected chi connectivity index (χ0v) is 8.67. The molecule has 86 valence electrons. The summed E-state index contributed by atoms with van der Waals surface area (Å²) in [6.07, 6.45) is -1.14. The molecule has 0 bridgehead atoms. The number of hydrogen-bond donors (Lipinski definition) is 0. The molecule has 8 nitrogen and oxygen atoms in total. The zero-order chi connectivity index (χ0) is 12.5. The largest absolute Gasteiger partial charge is 0.452 e. The van der Waals surface area contributed by atoms with Crippen molar-refractivity contribution in [2.45, 2.75) is 6.23 Å². The Morgan fingerprint density at radius 3 is 2.59 bits per heavy atom. The summed E-state index contributed by atoms with van der Waals surface area (Å²) in [5, 5.41) is 6.38. The van der Waals surface area contributed by atoms with E-state index in [1.54, 1.807) is 30.3 Å². The van der Waals surface area contributed by atoms with Crippen LogP contribution in [0.15, 0.2) is 40.6 Å². The predicted molar refractivity (Wildman–Crippen MR) is 58.8 cm³/mol. The molecule has 0 aromatic heterocycles. The fourth-order valence-corrected chi connectivity index (χ4v) is 1.03. The van der Waals surface area contributed by atoms with Crippen LogP contribution in [0.2, 0.25) is 0 Å². The van der Waals surface area contributed by atoms with Crippen LogP contribution in [0, 0.1) is 0 Å². The highest BCUT2D eigenvalue weighted by Gasteiger charge is 2.13. The summed E-state index contributed by atoms with van der Waals surface area (Å²) in [6.45, 7) is -0.237. The van der Waals surface area contributed by atoms with Gasteiger partial charge in [-0.15, -0.1) is 0 Å². The van der Waals surface area contributed by atoms with Crippen LogP contribution in [0.3, 0.4) is 0 Å². The molecule has 17 heavy (non-hydrogen) atoms. The lowest BCUT2D eigenvalue weighted by molar-refractivity contribution is 0.0335. The second kappa shape index (κ2) is 6.73. The Morgan fingerprint density at radius 2 is 2.00 bits per heavy atom. The van der Waals surface area contributed by atoms with E-state index in [0.29, 0.717) is 5.56 Å². The van der Waals surface area contributed by atoms with Crippen LogP contribution in [-0.2, 0) is 4.74 Å². The molecule has 1 rings (SSSR count). The summed E-state index contributed by atoms with van der Waals surface area (Å²) < 4.78 is 4.85. The molecule has 1 aromatic carbocycles. The molecule has 0 aliphatic carbocycles. The third-order valence-corrected chi connectivity index (χ3v) is 1.73. The highest BCUT2D eigenvalue weighted by atomic mass is 16.6. The molecule has 0 N–H and O–H groups in total. The number of benzene rings is 1. The van der Waals surface area contributed by atoms with E-state index in [0.717, 1.165) is 0 Å². The summed E-state index contributed by atoms with van der Waals surface area (Å²) >= 11 is 0. The van der Waals surface area contributed by atoms with E-state index in [9.17, 15) is 4.79 Å². The lowest BCUT2D eigenvalue weighted by atomic mass is 10.2. The first-order valence-corrected chi connectivity index (χ1v) is 4.59. The molecule has 0 fully saturated rings. The van der Waals surface area contributed by atoms with E-state index in [-0.39, 0.29) is 6.54 Å². The number of hydrogen-bond acceptors (Lipinski definition) is 4. The Morgan fingerprint density at radius 1 is 1.29 bits per heavy atom. The highest BCUT2D eigenvalue weighted by molar-refractivity contribution is 5.89. The van der Waals surface area contributed by atoms with Gasteiger partial charge in [-0.2, -0.15) is 0 Å². The molecule has 0 radical (unpaired) electrons. The van der Waals surface area contributed by atoms with Gasteiger partial charge in [-0.25, -0.2) is 4.79 Å². The molecule has 0 amide bonds. The van der Waals surface area contributed by atoms with Crippen molar-refractivity contribution in [3.63, 3.8) is 0 Å². The normalized spacial score (nSPS) is 10.6. The van der Waals surface area contributed by atoms with Gasteiger partial charge >= 0.3 is 5.97 Å². The van der Waals surface area contributed by atoms with Gasteiger partial charge < -0.3 is 4.74 Å². The Hall–Kier alpha value is -2.69. The van der Waals surface area contributed by atoms with Crippen molar-refractivity contribution >= 4 is 5.97 Å². The number of carbonyl (C=O) groups is 1. The van der Waals surface area contributed by atoms with Crippen molar-refractivity contribution in [2.24, 2.45) is 10.2 Å². The van der Waals surface area contributed by atoms with E-state index in [4.69, 9.17) is 15.8 Å². The minimum atomic E-state index is -1.14. The maximum absolute atomic E-state index is 11.6. The molecule has 0 aliphatic rings. The standard InChI is InChI=1S/C9H8N6O2/c10-14-12-6-8(13-15-11)17-9(16)7-4-2-1-3-5-7/h1-5,8H,6H2. The van der Waals surface area contributed by atoms with E-state index in [1.807, 2.05) is 0 Å². The van der Waals surface area contributed by atoms with E-state index in [1.165, 1.54) is 0 Å². The van der Waals surface area contributed by atoms with Gasteiger partial charge in [-0.05, 0) is 28.3 Å². The Balaban J connectivity index is 2.70. The molecule has 0 spiro atoms. The fraction of sp³-hybridized carbons (Fsp3) is 0.222. The molecule has 0 heterocycles. The number of nitrogens with zero attached hydrogens (tertiary/aromatic N) is 6. The second-order valence-corrected chi connectivity index (χ2v) is 2.84. The van der Waals surface area contributed by atoms with Gasteiger partial charge in [0.2, 0.25) is 0 Å². The summed E-state index contributed by atoms with van der Waals surface area (Å²) in [7, 11) is 0. The Bertz CT molecular complexity index is 476. The van der Waals surface area contributed by atoms with E-state index < -0.39 is 12.2 Å². The molecule has 1 atom stereocenters. The van der Waals surface area contributed by atoms with Crippen LogP contribution in [0.25, 0.3) is 20.9 Å². The van der Waals surface area contributed by atoms with Gasteiger partial charge in [0.05, 0.1) is 12.1 Å². The van der Waals surface area contributed by atoms with Gasteiger partial charge in [0.15, 0.2) is 6.23 Å². The van der Waals surface area contributed by atoms with Crippen LogP contribution in [0.1, 0.15) is 10.4 Å². The van der Waals surface area contributed by atoms with E-state index in [2.05, 4.69) is 20.1 Å². The van der Waals surface area contributed by atoms with Crippen LogP contribution >= 0.6 is 0 Å². The molecular weight excluding hydrogens is 224 g/mol. The Labute approximate surface area is 96.1 Å². The smallest absolute Gasteiger partial charge is 0.338 e. The molecular formula is C9H8N6O2. The summed E-state index contributed by atoms with van der Waals surface area (Å²) in [5.74, 6) is -0.642. The molecule has 0 saturated heterocycles. The maximum atomic E-state index is 11.6. The number of rotatable bonds is 5. The number of azide groups is 2. The van der Waals surface area contributed by atoms with Crippen molar-refractivity contribution in [1.82, 2.24) is 0 Å². The quantitative estimate of drug-likeness (QED) is 0.335. The number of ether oxygens (including phenoxy) is 1. The molecule has 0 saturated carbocycles. The first-order valence-electron chi connectivity index (χ1n) is 4.59. The SMILES string of the molecule is [N-]=[N+]=NCC(N=[N+]=[N-])OC(=O)c1ccccc1. The minimum absolute atomic E-state index is 0.237. The summed E-state index contributed by atoms with van der Waals surface area (Å²) in [6, 6.07) is 8.22. The third-order valence-electron chi connectivity index (χ3n) is 1.73. The van der Waals surface area contributed by atoms with E-state index >= 15 is 0 Å². The minimum Gasteiger partial charge on any atom is -0.452 e. The number of esters is 1. The Kier molecular flexibility index (Phi) is 4.90. The van der Waals surface area contributed by atoms with Crippen LogP contribution in [-0.4, -0.2) is 18.7 Å². The van der Waals surface area contributed by atoms with Gasteiger partial charge in [-0.1, -0.05) is 23.3 Å².